The molecule has 4 aromatic rings. The molecule has 0 unspecified atom stereocenters. The number of carbonyl (C=O) groups excluding carboxylic acids is 3. The second-order valence-electron chi connectivity index (χ2n) is 9.43. The van der Waals surface area contributed by atoms with E-state index in [1.165, 1.54) is 26.3 Å². The molecule has 12 nitrogen and oxygen atoms in total. The van der Waals surface area contributed by atoms with E-state index in [-0.39, 0.29) is 40.3 Å². The molecule has 1 aliphatic carbocycles. The molecule has 2 aromatic heterocycles. The monoisotopic (exact) mass is 571 g/mol. The molecule has 0 bridgehead atoms. The number of methoxy groups -OCH3 is 1. The highest BCUT2D eigenvalue weighted by molar-refractivity contribution is 6.08. The van der Waals surface area contributed by atoms with E-state index in [9.17, 15) is 23.6 Å². The van der Waals surface area contributed by atoms with E-state index in [1.807, 2.05) is 0 Å². The number of aromatic amines is 1. The van der Waals surface area contributed by atoms with E-state index >= 15 is 0 Å². The molecule has 0 saturated heterocycles. The van der Waals surface area contributed by atoms with E-state index < -0.39 is 23.2 Å². The maximum absolute atomic E-state index is 13.3. The summed E-state index contributed by atoms with van der Waals surface area (Å²) in [5.41, 5.74) is 1.46. The summed E-state index contributed by atoms with van der Waals surface area (Å²) in [4.78, 5) is 52.0. The van der Waals surface area contributed by atoms with Gasteiger partial charge in [-0.2, -0.15) is 0 Å². The molecule has 214 valence electrons. The van der Waals surface area contributed by atoms with Gasteiger partial charge < -0.3 is 31.0 Å². The van der Waals surface area contributed by atoms with Gasteiger partial charge in [0.1, 0.15) is 0 Å². The largest absolute Gasteiger partial charge is 0.494 e. The van der Waals surface area contributed by atoms with Crippen molar-refractivity contribution in [1.82, 2.24) is 20.5 Å². The highest BCUT2D eigenvalue weighted by atomic mass is 19.1. The Kier molecular flexibility index (Phi) is 7.91. The van der Waals surface area contributed by atoms with Gasteiger partial charge in [-0.25, -0.2) is 4.39 Å². The lowest BCUT2D eigenvalue weighted by molar-refractivity contribution is -0.117. The van der Waals surface area contributed by atoms with E-state index in [1.54, 1.807) is 42.5 Å². The molecule has 2 heterocycles. The normalized spacial score (nSPS) is 12.3. The van der Waals surface area contributed by atoms with Crippen LogP contribution in [-0.2, 0) is 4.79 Å². The van der Waals surface area contributed by atoms with Gasteiger partial charge >= 0.3 is 0 Å². The predicted molar refractivity (Wildman–Crippen MR) is 153 cm³/mol. The summed E-state index contributed by atoms with van der Waals surface area (Å²) >= 11 is 0. The first-order valence-corrected chi connectivity index (χ1v) is 12.9. The molecule has 0 atom stereocenters. The highest BCUT2D eigenvalue weighted by Gasteiger charge is 2.30. The molecule has 13 heteroatoms. The van der Waals surface area contributed by atoms with Crippen LogP contribution in [0.5, 0.6) is 5.75 Å². The minimum absolute atomic E-state index is 0.0265. The van der Waals surface area contributed by atoms with Crippen LogP contribution >= 0.6 is 0 Å². The smallest absolute Gasteiger partial charge is 0.284 e. The Bertz CT molecular complexity index is 1740. The van der Waals surface area contributed by atoms with Crippen molar-refractivity contribution in [3.05, 3.63) is 88.1 Å². The van der Waals surface area contributed by atoms with Crippen molar-refractivity contribution >= 4 is 40.6 Å². The molecular weight excluding hydrogens is 545 g/mol. The third-order valence-electron chi connectivity index (χ3n) is 6.48. The first kappa shape index (κ1) is 28.0. The zero-order chi connectivity index (χ0) is 29.8. The minimum Gasteiger partial charge on any atom is -0.494 e. The van der Waals surface area contributed by atoms with Crippen LogP contribution < -0.4 is 31.6 Å². The number of ether oxygens (including phenoxy) is 1. The van der Waals surface area contributed by atoms with Crippen LogP contribution in [0, 0.1) is 11.7 Å². The molecule has 3 amide bonds. The van der Waals surface area contributed by atoms with Crippen molar-refractivity contribution < 1.29 is 23.5 Å². The molecule has 1 saturated carbocycles. The molecule has 0 aliphatic heterocycles. The number of para-hydroxylation sites is 1. The summed E-state index contributed by atoms with van der Waals surface area (Å²) in [6, 6.07) is 15.5. The number of pyridine rings is 1. The van der Waals surface area contributed by atoms with Gasteiger partial charge in [0.25, 0.3) is 17.4 Å². The predicted octanol–water partition coefficient (Wildman–Crippen LogP) is 3.68. The third-order valence-corrected chi connectivity index (χ3v) is 6.48. The number of anilines is 4. The summed E-state index contributed by atoms with van der Waals surface area (Å²) < 4.78 is 18.9. The summed E-state index contributed by atoms with van der Waals surface area (Å²) in [5, 5.41) is 19.0. The van der Waals surface area contributed by atoms with Crippen LogP contribution in [0.25, 0.3) is 11.3 Å². The number of rotatable bonds is 9. The lowest BCUT2D eigenvalue weighted by atomic mass is 10.1. The SMILES string of the molecule is CNC(=O)c1nnc(NC(=O)C2CC2)cc1Nc1cccc(C(=O)Nc2ccc(-c3ccc(F)c(=O)[nH]3)cc2)c1OC. The summed E-state index contributed by atoms with van der Waals surface area (Å²) in [6.07, 6.45) is 1.62. The van der Waals surface area contributed by atoms with Crippen LogP contribution in [0.1, 0.15) is 33.7 Å². The fourth-order valence-electron chi connectivity index (χ4n) is 4.14. The number of nitrogens with zero attached hydrogens (tertiary/aromatic N) is 2. The lowest BCUT2D eigenvalue weighted by Crippen LogP contribution is -2.22. The number of hydrogen-bond donors (Lipinski definition) is 5. The van der Waals surface area contributed by atoms with Crippen molar-refractivity contribution in [3.63, 3.8) is 0 Å². The van der Waals surface area contributed by atoms with Crippen molar-refractivity contribution in [2.75, 3.05) is 30.1 Å². The Morgan fingerprint density at radius 1 is 0.952 bits per heavy atom. The average Bonchev–Trinajstić information content (AvgIpc) is 3.85. The minimum atomic E-state index is -0.876. The van der Waals surface area contributed by atoms with Crippen molar-refractivity contribution in [1.29, 1.82) is 0 Å². The van der Waals surface area contributed by atoms with Gasteiger partial charge in [0.2, 0.25) is 5.91 Å². The lowest BCUT2D eigenvalue weighted by Gasteiger charge is -2.17. The molecule has 5 rings (SSSR count). The second-order valence-corrected chi connectivity index (χ2v) is 9.43. The van der Waals surface area contributed by atoms with Crippen LogP contribution in [0.15, 0.2) is 65.5 Å². The fourth-order valence-corrected chi connectivity index (χ4v) is 4.14. The number of amides is 3. The number of halogens is 1. The highest BCUT2D eigenvalue weighted by Crippen LogP contribution is 2.34. The van der Waals surface area contributed by atoms with Crippen molar-refractivity contribution in [2.45, 2.75) is 12.8 Å². The average molecular weight is 572 g/mol. The summed E-state index contributed by atoms with van der Waals surface area (Å²) in [6.45, 7) is 0. The van der Waals surface area contributed by atoms with E-state index in [4.69, 9.17) is 4.74 Å². The van der Waals surface area contributed by atoms with Crippen LogP contribution in [0.4, 0.5) is 27.3 Å². The topological polar surface area (TPSA) is 167 Å². The van der Waals surface area contributed by atoms with E-state index in [0.717, 1.165) is 18.9 Å². The Morgan fingerprint density at radius 3 is 2.38 bits per heavy atom. The molecule has 5 N–H and O–H groups in total. The zero-order valence-corrected chi connectivity index (χ0v) is 22.6. The van der Waals surface area contributed by atoms with Crippen molar-refractivity contribution in [2.24, 2.45) is 5.92 Å². The Labute approximate surface area is 238 Å². The number of aromatic nitrogens is 3. The van der Waals surface area contributed by atoms with Gasteiger partial charge in [-0.3, -0.25) is 19.2 Å². The first-order chi connectivity index (χ1) is 20.3. The van der Waals surface area contributed by atoms with Gasteiger partial charge in [-0.15, -0.1) is 10.2 Å². The quantitative estimate of drug-likeness (QED) is 0.203. The molecular formula is C29H26FN7O5. The molecule has 42 heavy (non-hydrogen) atoms. The van der Waals surface area contributed by atoms with E-state index in [0.29, 0.717) is 22.6 Å². The fraction of sp³-hybridized carbons (Fsp3) is 0.172. The Hall–Kier alpha value is -5.59. The standard InChI is InChI=1S/C29H26FN7O5/c1-31-29(41)24-22(14-23(36-37-24)35-26(38)16-6-7-16)33-21-5-3-4-18(25(21)42-2)27(39)32-17-10-8-15(9-11-17)20-13-12-19(30)28(40)34-20/h3-5,8-14,16H,6-7H2,1-2H3,(H,31,41)(H,32,39)(H,34,40)(H2,33,35,36,38). The molecule has 0 spiro atoms. The van der Waals surface area contributed by atoms with Crippen LogP contribution in [-0.4, -0.2) is 47.1 Å². The summed E-state index contributed by atoms with van der Waals surface area (Å²) in [5.74, 6) is -1.72. The van der Waals surface area contributed by atoms with Gasteiger partial charge in [-0.1, -0.05) is 18.2 Å². The Balaban J connectivity index is 1.38. The van der Waals surface area contributed by atoms with Gasteiger partial charge in [0.15, 0.2) is 23.1 Å². The first-order valence-electron chi connectivity index (χ1n) is 12.9. The number of hydrogen-bond acceptors (Lipinski definition) is 8. The van der Waals surface area contributed by atoms with E-state index in [2.05, 4.69) is 36.4 Å². The number of nitrogens with one attached hydrogen (secondary N) is 5. The van der Waals surface area contributed by atoms with Gasteiger partial charge in [0, 0.05) is 30.4 Å². The number of benzene rings is 2. The number of carbonyl (C=O) groups is 3. The second kappa shape index (κ2) is 11.9. The molecule has 2 aromatic carbocycles. The zero-order valence-electron chi connectivity index (χ0n) is 22.6. The number of H-pyrrole nitrogens is 1. The Morgan fingerprint density at radius 2 is 1.71 bits per heavy atom. The van der Waals surface area contributed by atoms with Crippen LogP contribution in [0.2, 0.25) is 0 Å². The summed E-state index contributed by atoms with van der Waals surface area (Å²) in [7, 11) is 2.86. The molecule has 0 radical (unpaired) electrons. The third kappa shape index (κ3) is 6.09. The molecule has 1 aliphatic rings. The van der Waals surface area contributed by atoms with Crippen LogP contribution in [0.3, 0.4) is 0 Å². The van der Waals surface area contributed by atoms with Gasteiger partial charge in [0.05, 0.1) is 24.0 Å². The molecule has 1 fully saturated rings. The van der Waals surface area contributed by atoms with Crippen molar-refractivity contribution in [3.8, 4) is 17.0 Å². The maximum atomic E-state index is 13.3. The maximum Gasteiger partial charge on any atom is 0.284 e. The van der Waals surface area contributed by atoms with Gasteiger partial charge in [-0.05, 0) is 54.8 Å².